The van der Waals surface area contributed by atoms with E-state index in [1.54, 1.807) is 19.1 Å². The van der Waals surface area contributed by atoms with Crippen molar-refractivity contribution in [1.82, 2.24) is 15.4 Å². The van der Waals surface area contributed by atoms with Crippen molar-refractivity contribution in [2.24, 2.45) is 0 Å². The molecule has 29 heavy (non-hydrogen) atoms. The molecule has 0 fully saturated rings. The standard InChI is InChI=1S/C21H31N3O5/c1-7-24(8-2)11-9-10-22-21(25)18-14(3)23-29-19(18)15-12-16(26-4)20(28-6)17(13-15)27-5/h12-13H,7-11H2,1-6H3,(H,22,25). The van der Waals surface area contributed by atoms with Crippen molar-refractivity contribution in [1.29, 1.82) is 0 Å². The van der Waals surface area contributed by atoms with Crippen LogP contribution in [0.15, 0.2) is 16.7 Å². The van der Waals surface area contributed by atoms with Gasteiger partial charge in [-0.05, 0) is 45.1 Å². The van der Waals surface area contributed by atoms with Gasteiger partial charge < -0.3 is 29.0 Å². The Bertz CT molecular complexity index is 790. The number of amides is 1. The van der Waals surface area contributed by atoms with E-state index in [4.69, 9.17) is 18.7 Å². The minimum Gasteiger partial charge on any atom is -0.493 e. The summed E-state index contributed by atoms with van der Waals surface area (Å²) in [6.07, 6.45) is 0.872. The number of hydrogen-bond donors (Lipinski definition) is 1. The number of aryl methyl sites for hydroxylation is 1. The lowest BCUT2D eigenvalue weighted by Crippen LogP contribution is -2.30. The summed E-state index contributed by atoms with van der Waals surface area (Å²) in [7, 11) is 4.61. The average Bonchev–Trinajstić information content (AvgIpc) is 3.13. The molecule has 1 heterocycles. The molecule has 1 aromatic carbocycles. The molecule has 8 heteroatoms. The van der Waals surface area contributed by atoms with Crippen molar-refractivity contribution in [3.63, 3.8) is 0 Å². The van der Waals surface area contributed by atoms with Crippen molar-refractivity contribution >= 4 is 5.91 Å². The summed E-state index contributed by atoms with van der Waals surface area (Å²) in [6, 6.07) is 3.47. The van der Waals surface area contributed by atoms with Gasteiger partial charge in [0, 0.05) is 12.1 Å². The van der Waals surface area contributed by atoms with E-state index in [2.05, 4.69) is 29.2 Å². The first-order valence-corrected chi connectivity index (χ1v) is 9.77. The molecule has 0 atom stereocenters. The fourth-order valence-corrected chi connectivity index (χ4v) is 3.18. The van der Waals surface area contributed by atoms with Gasteiger partial charge in [0.1, 0.15) is 5.56 Å². The van der Waals surface area contributed by atoms with Gasteiger partial charge in [-0.25, -0.2) is 0 Å². The summed E-state index contributed by atoms with van der Waals surface area (Å²) in [5.74, 6) is 1.57. The van der Waals surface area contributed by atoms with Crippen LogP contribution in [0.2, 0.25) is 0 Å². The molecule has 0 aliphatic carbocycles. The number of aromatic nitrogens is 1. The molecule has 1 amide bonds. The highest BCUT2D eigenvalue weighted by Crippen LogP contribution is 2.42. The largest absolute Gasteiger partial charge is 0.493 e. The average molecular weight is 405 g/mol. The van der Waals surface area contributed by atoms with E-state index >= 15 is 0 Å². The zero-order chi connectivity index (χ0) is 21.4. The maximum Gasteiger partial charge on any atom is 0.257 e. The molecule has 0 radical (unpaired) electrons. The van der Waals surface area contributed by atoms with Gasteiger partial charge in [-0.2, -0.15) is 0 Å². The molecule has 8 nitrogen and oxygen atoms in total. The first kappa shape index (κ1) is 22.5. The third-order valence-electron chi connectivity index (χ3n) is 4.85. The van der Waals surface area contributed by atoms with Crippen molar-refractivity contribution in [3.8, 4) is 28.6 Å². The summed E-state index contributed by atoms with van der Waals surface area (Å²) in [5, 5.41) is 6.96. The number of nitrogens with zero attached hydrogens (tertiary/aromatic N) is 2. The van der Waals surface area contributed by atoms with Crippen LogP contribution in [-0.4, -0.2) is 63.5 Å². The minimum absolute atomic E-state index is 0.216. The molecule has 0 saturated heterocycles. The van der Waals surface area contributed by atoms with Gasteiger partial charge in [0.05, 0.1) is 27.0 Å². The molecule has 1 N–H and O–H groups in total. The zero-order valence-corrected chi connectivity index (χ0v) is 18.1. The Hall–Kier alpha value is -2.74. The van der Waals surface area contributed by atoms with Crippen LogP contribution in [0.4, 0.5) is 0 Å². The molecule has 0 bridgehead atoms. The SMILES string of the molecule is CCN(CC)CCCNC(=O)c1c(C)noc1-c1cc(OC)c(OC)c(OC)c1. The second kappa shape index (κ2) is 10.7. The molecule has 0 saturated carbocycles. The van der Waals surface area contributed by atoms with E-state index in [0.717, 1.165) is 26.1 Å². The Morgan fingerprint density at radius 3 is 2.24 bits per heavy atom. The highest BCUT2D eigenvalue weighted by molar-refractivity contribution is 6.00. The molecule has 160 valence electrons. The van der Waals surface area contributed by atoms with Gasteiger partial charge in [0.2, 0.25) is 5.75 Å². The second-order valence-electron chi connectivity index (χ2n) is 6.52. The third kappa shape index (κ3) is 5.20. The lowest BCUT2D eigenvalue weighted by Gasteiger charge is -2.17. The number of hydrogen-bond acceptors (Lipinski definition) is 7. The molecule has 0 unspecified atom stereocenters. The molecule has 0 aliphatic heterocycles. The van der Waals surface area contributed by atoms with Gasteiger partial charge in [-0.15, -0.1) is 0 Å². The number of carbonyl (C=O) groups is 1. The normalized spacial score (nSPS) is 10.9. The van der Waals surface area contributed by atoms with Gasteiger partial charge in [-0.1, -0.05) is 19.0 Å². The van der Waals surface area contributed by atoms with Crippen molar-refractivity contribution in [2.75, 3.05) is 47.5 Å². The predicted octanol–water partition coefficient (Wildman–Crippen LogP) is 3.14. The molecular weight excluding hydrogens is 374 g/mol. The van der Waals surface area contributed by atoms with Crippen LogP contribution in [0.5, 0.6) is 17.2 Å². The van der Waals surface area contributed by atoms with E-state index < -0.39 is 0 Å². The number of carbonyl (C=O) groups excluding carboxylic acids is 1. The van der Waals surface area contributed by atoms with Gasteiger partial charge in [0.25, 0.3) is 5.91 Å². The summed E-state index contributed by atoms with van der Waals surface area (Å²) >= 11 is 0. The maximum absolute atomic E-state index is 12.8. The fourth-order valence-electron chi connectivity index (χ4n) is 3.18. The van der Waals surface area contributed by atoms with Crippen LogP contribution in [0.1, 0.15) is 36.3 Å². The smallest absolute Gasteiger partial charge is 0.257 e. The summed E-state index contributed by atoms with van der Waals surface area (Å²) in [5.41, 5.74) is 1.55. The van der Waals surface area contributed by atoms with Crippen LogP contribution in [0.3, 0.4) is 0 Å². The van der Waals surface area contributed by atoms with Crippen LogP contribution in [-0.2, 0) is 0 Å². The van der Waals surface area contributed by atoms with Crippen LogP contribution in [0, 0.1) is 6.92 Å². The fraction of sp³-hybridized carbons (Fsp3) is 0.524. The minimum atomic E-state index is -0.216. The van der Waals surface area contributed by atoms with Gasteiger partial charge >= 0.3 is 0 Å². The summed E-state index contributed by atoms with van der Waals surface area (Å²) in [6.45, 7) is 9.53. The van der Waals surface area contributed by atoms with Crippen molar-refractivity contribution < 1.29 is 23.5 Å². The number of methoxy groups -OCH3 is 3. The van der Waals surface area contributed by atoms with Crippen molar-refractivity contribution in [2.45, 2.75) is 27.2 Å². The Labute approximate surface area is 172 Å². The molecule has 0 spiro atoms. The summed E-state index contributed by atoms with van der Waals surface area (Å²) in [4.78, 5) is 15.1. The van der Waals surface area contributed by atoms with Crippen molar-refractivity contribution in [3.05, 3.63) is 23.4 Å². The highest BCUT2D eigenvalue weighted by Gasteiger charge is 2.24. The van der Waals surface area contributed by atoms with Crippen LogP contribution < -0.4 is 19.5 Å². The topological polar surface area (TPSA) is 86.1 Å². The number of rotatable bonds is 11. The number of ether oxygens (including phenoxy) is 3. The Kier molecular flexibility index (Phi) is 8.33. The van der Waals surface area contributed by atoms with Crippen LogP contribution in [0.25, 0.3) is 11.3 Å². The monoisotopic (exact) mass is 405 g/mol. The molecule has 2 rings (SSSR count). The predicted molar refractivity (Wildman–Crippen MR) is 111 cm³/mol. The van der Waals surface area contributed by atoms with Gasteiger partial charge in [-0.3, -0.25) is 4.79 Å². The van der Waals surface area contributed by atoms with E-state index in [0.29, 0.717) is 46.4 Å². The first-order valence-electron chi connectivity index (χ1n) is 9.77. The molecule has 0 aliphatic rings. The lowest BCUT2D eigenvalue weighted by atomic mass is 10.0. The number of nitrogens with one attached hydrogen (secondary N) is 1. The molecule has 2 aromatic rings. The van der Waals surface area contributed by atoms with E-state index in [1.807, 2.05) is 0 Å². The highest BCUT2D eigenvalue weighted by atomic mass is 16.5. The molecule has 1 aromatic heterocycles. The maximum atomic E-state index is 12.8. The zero-order valence-electron chi connectivity index (χ0n) is 18.1. The Balaban J connectivity index is 2.24. The van der Waals surface area contributed by atoms with E-state index in [1.165, 1.54) is 21.3 Å². The summed E-state index contributed by atoms with van der Waals surface area (Å²) < 4.78 is 21.6. The van der Waals surface area contributed by atoms with E-state index in [-0.39, 0.29) is 5.91 Å². The Morgan fingerprint density at radius 1 is 1.10 bits per heavy atom. The lowest BCUT2D eigenvalue weighted by molar-refractivity contribution is 0.0951. The number of benzene rings is 1. The quantitative estimate of drug-likeness (QED) is 0.575. The van der Waals surface area contributed by atoms with Crippen LogP contribution >= 0.6 is 0 Å². The van der Waals surface area contributed by atoms with Gasteiger partial charge in [0.15, 0.2) is 17.3 Å². The first-order chi connectivity index (χ1) is 14.0. The molecular formula is C21H31N3O5. The van der Waals surface area contributed by atoms with E-state index in [9.17, 15) is 4.79 Å². The second-order valence-corrected chi connectivity index (χ2v) is 6.52. The Morgan fingerprint density at radius 2 is 1.72 bits per heavy atom. The third-order valence-corrected chi connectivity index (χ3v) is 4.85.